The van der Waals surface area contributed by atoms with E-state index < -0.39 is 11.9 Å². The summed E-state index contributed by atoms with van der Waals surface area (Å²) < 4.78 is 0.987. The van der Waals surface area contributed by atoms with E-state index in [1.54, 1.807) is 0 Å². The van der Waals surface area contributed by atoms with Crippen LogP contribution >= 0.6 is 15.9 Å². The average Bonchev–Trinajstić information content (AvgIpc) is 2.41. The number of carbonyl (C=O) groups excluding carboxylic acids is 1. The molecule has 0 aliphatic carbocycles. The molecule has 1 amide bonds. The summed E-state index contributed by atoms with van der Waals surface area (Å²) in [5.41, 5.74) is 1.07. The Morgan fingerprint density at radius 2 is 1.95 bits per heavy atom. The molecule has 1 unspecified atom stereocenters. The summed E-state index contributed by atoms with van der Waals surface area (Å²) >= 11 is 3.45. The third-order valence-electron chi connectivity index (χ3n) is 3.23. The van der Waals surface area contributed by atoms with Gasteiger partial charge in [0.2, 0.25) is 5.91 Å². The molecule has 1 rings (SSSR count). The van der Waals surface area contributed by atoms with Crippen LogP contribution in [0.5, 0.6) is 0 Å². The zero-order chi connectivity index (χ0) is 15.8. The summed E-state index contributed by atoms with van der Waals surface area (Å²) in [7, 11) is 0. The van der Waals surface area contributed by atoms with Crippen LogP contribution in [-0.4, -0.2) is 23.5 Å². The van der Waals surface area contributed by atoms with Crippen molar-refractivity contribution in [1.82, 2.24) is 5.32 Å². The highest BCUT2D eigenvalue weighted by Crippen LogP contribution is 2.17. The van der Waals surface area contributed by atoms with E-state index in [1.165, 1.54) is 0 Å². The molecule has 0 radical (unpaired) electrons. The first-order valence-electron chi connectivity index (χ1n) is 7.13. The zero-order valence-electron chi connectivity index (χ0n) is 12.4. The smallest absolute Gasteiger partial charge is 0.308 e. The van der Waals surface area contributed by atoms with E-state index >= 15 is 0 Å². The quantitative estimate of drug-likeness (QED) is 0.752. The number of carboxylic acid groups (broad SMARTS) is 1. The highest BCUT2D eigenvalue weighted by Gasteiger charge is 2.19. The van der Waals surface area contributed by atoms with Crippen LogP contribution in [-0.2, 0) is 16.0 Å². The van der Waals surface area contributed by atoms with Gasteiger partial charge in [-0.3, -0.25) is 9.59 Å². The molecule has 0 aliphatic rings. The van der Waals surface area contributed by atoms with Gasteiger partial charge >= 0.3 is 5.97 Å². The lowest BCUT2D eigenvalue weighted by Crippen LogP contribution is -2.33. The van der Waals surface area contributed by atoms with Crippen LogP contribution in [0.4, 0.5) is 0 Å². The van der Waals surface area contributed by atoms with E-state index in [0.29, 0.717) is 25.2 Å². The fourth-order valence-corrected chi connectivity index (χ4v) is 2.60. The molecule has 0 saturated heterocycles. The van der Waals surface area contributed by atoms with Crippen molar-refractivity contribution in [2.75, 3.05) is 6.54 Å². The molecule has 0 saturated carbocycles. The fourth-order valence-electron chi connectivity index (χ4n) is 2.12. The van der Waals surface area contributed by atoms with Gasteiger partial charge in [0.05, 0.1) is 5.92 Å². The minimum absolute atomic E-state index is 0.110. The monoisotopic (exact) mass is 355 g/mol. The molecule has 5 heteroatoms. The highest BCUT2D eigenvalue weighted by molar-refractivity contribution is 9.10. The number of rotatable bonds is 8. The van der Waals surface area contributed by atoms with E-state index in [-0.39, 0.29) is 12.5 Å². The predicted molar refractivity (Wildman–Crippen MR) is 86.1 cm³/mol. The number of amides is 1. The molecule has 1 aromatic rings. The fraction of sp³-hybridized carbons (Fsp3) is 0.500. The third-order valence-corrected chi connectivity index (χ3v) is 4.00. The van der Waals surface area contributed by atoms with Crippen LogP contribution in [0.15, 0.2) is 28.7 Å². The summed E-state index contributed by atoms with van der Waals surface area (Å²) in [4.78, 5) is 22.9. The van der Waals surface area contributed by atoms with Gasteiger partial charge in [-0.25, -0.2) is 0 Å². The maximum Gasteiger partial charge on any atom is 0.308 e. The summed E-state index contributed by atoms with van der Waals surface area (Å²) in [6.07, 6.45) is 1.56. The molecule has 1 aromatic carbocycles. The predicted octanol–water partition coefficient (Wildman–Crippen LogP) is 3.24. The Labute approximate surface area is 134 Å². The SMILES string of the molecule is CC(C)CC(CNC(=O)CCc1ccccc1Br)C(=O)O. The van der Waals surface area contributed by atoms with E-state index in [4.69, 9.17) is 5.11 Å². The van der Waals surface area contributed by atoms with Crippen LogP contribution in [0, 0.1) is 11.8 Å². The van der Waals surface area contributed by atoms with Crippen LogP contribution in [0.2, 0.25) is 0 Å². The van der Waals surface area contributed by atoms with Crippen molar-refractivity contribution >= 4 is 27.8 Å². The number of hydrogen-bond donors (Lipinski definition) is 2. The Hall–Kier alpha value is -1.36. The molecule has 0 aromatic heterocycles. The van der Waals surface area contributed by atoms with Gasteiger partial charge < -0.3 is 10.4 Å². The molecular formula is C16H22BrNO3. The largest absolute Gasteiger partial charge is 0.481 e. The third kappa shape index (κ3) is 6.76. The second kappa shape index (κ2) is 8.82. The average molecular weight is 356 g/mol. The molecule has 0 aliphatic heterocycles. The Morgan fingerprint density at radius 3 is 2.52 bits per heavy atom. The topological polar surface area (TPSA) is 66.4 Å². The van der Waals surface area contributed by atoms with Gasteiger partial charge in [0.25, 0.3) is 0 Å². The molecule has 21 heavy (non-hydrogen) atoms. The molecule has 1 atom stereocenters. The van der Waals surface area contributed by atoms with Gasteiger partial charge in [0.1, 0.15) is 0 Å². The van der Waals surface area contributed by atoms with Crippen LogP contribution < -0.4 is 5.32 Å². The van der Waals surface area contributed by atoms with Crippen LogP contribution in [0.1, 0.15) is 32.3 Å². The second-order valence-corrected chi connectivity index (χ2v) is 6.41. The molecule has 0 bridgehead atoms. The van der Waals surface area contributed by atoms with Gasteiger partial charge in [-0.15, -0.1) is 0 Å². The Bertz CT molecular complexity index is 488. The Balaban J connectivity index is 2.39. The molecule has 0 fully saturated rings. The number of halogens is 1. The van der Waals surface area contributed by atoms with E-state index in [9.17, 15) is 9.59 Å². The summed E-state index contributed by atoms with van der Waals surface area (Å²) in [5, 5.41) is 11.8. The van der Waals surface area contributed by atoms with Gasteiger partial charge in [0, 0.05) is 17.4 Å². The van der Waals surface area contributed by atoms with Gasteiger partial charge in [-0.2, -0.15) is 0 Å². The van der Waals surface area contributed by atoms with Crippen LogP contribution in [0.3, 0.4) is 0 Å². The molecule has 2 N–H and O–H groups in total. The van der Waals surface area contributed by atoms with E-state index in [2.05, 4.69) is 21.2 Å². The minimum Gasteiger partial charge on any atom is -0.481 e. The number of benzene rings is 1. The number of carbonyl (C=O) groups is 2. The summed E-state index contributed by atoms with van der Waals surface area (Å²) in [5.74, 6) is -1.18. The Morgan fingerprint density at radius 1 is 1.29 bits per heavy atom. The first-order chi connectivity index (χ1) is 9.90. The number of aliphatic carboxylic acids is 1. The molecule has 0 heterocycles. The highest BCUT2D eigenvalue weighted by atomic mass is 79.9. The maximum atomic E-state index is 11.8. The van der Waals surface area contributed by atoms with Crippen molar-refractivity contribution in [2.24, 2.45) is 11.8 Å². The van der Waals surface area contributed by atoms with E-state index in [1.807, 2.05) is 38.1 Å². The van der Waals surface area contributed by atoms with Crippen molar-refractivity contribution < 1.29 is 14.7 Å². The van der Waals surface area contributed by atoms with Gasteiger partial charge in [-0.05, 0) is 30.4 Å². The van der Waals surface area contributed by atoms with E-state index in [0.717, 1.165) is 10.0 Å². The number of nitrogens with one attached hydrogen (secondary N) is 1. The minimum atomic E-state index is -0.852. The van der Waals surface area contributed by atoms with Gasteiger partial charge in [-0.1, -0.05) is 48.0 Å². The van der Waals surface area contributed by atoms with Crippen LogP contribution in [0.25, 0.3) is 0 Å². The normalized spacial score (nSPS) is 12.2. The lowest BCUT2D eigenvalue weighted by molar-refractivity contribution is -0.142. The standard InChI is InChI=1S/C16H22BrNO3/c1-11(2)9-13(16(20)21)10-18-15(19)8-7-12-5-3-4-6-14(12)17/h3-6,11,13H,7-10H2,1-2H3,(H,18,19)(H,20,21). The van der Waals surface area contributed by atoms with Crippen molar-refractivity contribution in [3.05, 3.63) is 34.3 Å². The maximum absolute atomic E-state index is 11.8. The first kappa shape index (κ1) is 17.7. The first-order valence-corrected chi connectivity index (χ1v) is 7.92. The Kier molecular flexibility index (Phi) is 7.43. The number of hydrogen-bond acceptors (Lipinski definition) is 2. The second-order valence-electron chi connectivity index (χ2n) is 5.56. The lowest BCUT2D eigenvalue weighted by atomic mass is 9.97. The van der Waals surface area contributed by atoms with Crippen molar-refractivity contribution in [3.8, 4) is 0 Å². The summed E-state index contributed by atoms with van der Waals surface area (Å²) in [6.45, 7) is 4.15. The van der Waals surface area contributed by atoms with Crippen molar-refractivity contribution in [1.29, 1.82) is 0 Å². The zero-order valence-corrected chi connectivity index (χ0v) is 14.0. The lowest BCUT2D eigenvalue weighted by Gasteiger charge is -2.15. The molecule has 0 spiro atoms. The summed E-state index contributed by atoms with van der Waals surface area (Å²) in [6, 6.07) is 7.77. The van der Waals surface area contributed by atoms with Gasteiger partial charge in [0.15, 0.2) is 0 Å². The van der Waals surface area contributed by atoms with Crippen molar-refractivity contribution in [2.45, 2.75) is 33.1 Å². The molecule has 4 nitrogen and oxygen atoms in total. The molecular weight excluding hydrogens is 334 g/mol. The molecule has 116 valence electrons. The number of aryl methyl sites for hydroxylation is 1. The number of carboxylic acids is 1. The van der Waals surface area contributed by atoms with Crippen molar-refractivity contribution in [3.63, 3.8) is 0 Å².